The maximum absolute atomic E-state index is 14.2. The molecule has 3 aromatic rings. The van der Waals surface area contributed by atoms with Gasteiger partial charge in [0.2, 0.25) is 0 Å². The fraction of sp³-hybridized carbons (Fsp3) is 0.211. The van der Waals surface area contributed by atoms with Crippen molar-refractivity contribution in [2.75, 3.05) is 7.11 Å². The van der Waals surface area contributed by atoms with Crippen molar-refractivity contribution in [2.24, 2.45) is 5.73 Å². The number of amides is 1. The molecular formula is C19H19ClFN2O3P. The summed E-state index contributed by atoms with van der Waals surface area (Å²) in [6.45, 7) is 3.80. The Bertz CT molecular complexity index is 1090. The van der Waals surface area contributed by atoms with E-state index in [1.165, 1.54) is 13.2 Å². The molecule has 8 heteroatoms. The fourth-order valence-electron chi connectivity index (χ4n) is 3.06. The van der Waals surface area contributed by atoms with Crippen LogP contribution in [0.15, 0.2) is 36.4 Å². The van der Waals surface area contributed by atoms with Gasteiger partial charge in [0.25, 0.3) is 13.3 Å². The lowest BCUT2D eigenvalue weighted by atomic mass is 10.0. The lowest BCUT2D eigenvalue weighted by Gasteiger charge is -2.19. The van der Waals surface area contributed by atoms with Crippen LogP contribution in [0.25, 0.3) is 10.9 Å². The van der Waals surface area contributed by atoms with Gasteiger partial charge in [-0.15, -0.1) is 0 Å². The highest BCUT2D eigenvalue weighted by Gasteiger charge is 2.36. The largest absolute Gasteiger partial charge is 0.364 e. The lowest BCUT2D eigenvalue weighted by molar-refractivity contribution is 0.0997. The van der Waals surface area contributed by atoms with Crippen LogP contribution in [0.4, 0.5) is 4.39 Å². The third-order valence-corrected chi connectivity index (χ3v) is 7.18. The van der Waals surface area contributed by atoms with Crippen molar-refractivity contribution in [1.82, 2.24) is 4.98 Å². The molecule has 2 aromatic carbocycles. The quantitative estimate of drug-likeness (QED) is 0.624. The Balaban J connectivity index is 2.39. The Hall–Kier alpha value is -2.14. The highest BCUT2D eigenvalue weighted by atomic mass is 35.5. The van der Waals surface area contributed by atoms with E-state index in [1.54, 1.807) is 24.3 Å². The van der Waals surface area contributed by atoms with Gasteiger partial charge in [-0.1, -0.05) is 25.4 Å². The number of nitrogens with two attached hydrogens (primary N) is 1. The van der Waals surface area contributed by atoms with Gasteiger partial charge in [0.15, 0.2) is 0 Å². The summed E-state index contributed by atoms with van der Waals surface area (Å²) in [5.41, 5.74) is 6.65. The highest BCUT2D eigenvalue weighted by molar-refractivity contribution is 7.75. The number of carbonyl (C=O) groups is 1. The third kappa shape index (κ3) is 3.41. The molecule has 0 aliphatic carbocycles. The molecule has 1 heterocycles. The zero-order valence-electron chi connectivity index (χ0n) is 15.0. The molecule has 0 aliphatic heterocycles. The van der Waals surface area contributed by atoms with Crippen LogP contribution in [0.5, 0.6) is 0 Å². The number of fused-ring (bicyclic) bond motifs is 1. The highest BCUT2D eigenvalue weighted by Crippen LogP contribution is 2.47. The summed E-state index contributed by atoms with van der Waals surface area (Å²) < 4.78 is 33.6. The summed E-state index contributed by atoms with van der Waals surface area (Å²) in [6, 6.07) is 9.03. The van der Waals surface area contributed by atoms with E-state index >= 15 is 0 Å². The number of nitrogens with one attached hydrogen (secondary N) is 1. The number of H-pyrrole nitrogens is 1. The maximum atomic E-state index is 14.2. The van der Waals surface area contributed by atoms with Gasteiger partial charge >= 0.3 is 0 Å². The van der Waals surface area contributed by atoms with Crippen LogP contribution >= 0.6 is 19.0 Å². The normalized spacial score (nSPS) is 13.9. The van der Waals surface area contributed by atoms with Crippen LogP contribution in [0.1, 0.15) is 35.8 Å². The second kappa shape index (κ2) is 7.12. The van der Waals surface area contributed by atoms with E-state index in [1.807, 2.05) is 13.8 Å². The van der Waals surface area contributed by atoms with Gasteiger partial charge in [0.05, 0.1) is 5.30 Å². The minimum Gasteiger partial charge on any atom is -0.364 e. The molecule has 0 radical (unpaired) electrons. The van der Waals surface area contributed by atoms with E-state index < -0.39 is 19.1 Å². The smallest absolute Gasteiger partial charge is 0.266 e. The summed E-state index contributed by atoms with van der Waals surface area (Å²) >= 11 is 6.09. The Morgan fingerprint density at radius 2 is 1.96 bits per heavy atom. The number of halogens is 2. The second-order valence-corrected chi connectivity index (χ2v) is 9.40. The van der Waals surface area contributed by atoms with Crippen LogP contribution in [-0.2, 0) is 9.09 Å². The average molecular weight is 409 g/mol. The molecule has 1 atom stereocenters. The minimum absolute atomic E-state index is 0.0118. The van der Waals surface area contributed by atoms with Gasteiger partial charge in [-0.2, -0.15) is 0 Å². The summed E-state index contributed by atoms with van der Waals surface area (Å²) in [6.07, 6.45) is 0. The Labute approximate surface area is 161 Å². The molecule has 0 saturated carbocycles. The Morgan fingerprint density at radius 3 is 2.56 bits per heavy atom. The SMILES string of the molecule is COP(=O)(c1cc(F)cc(C(C)C)c1)c1c(C(N)=O)[nH]c2ccc(Cl)cc12. The van der Waals surface area contributed by atoms with E-state index in [2.05, 4.69) is 4.98 Å². The standard InChI is InChI=1S/C19H19ClFN2O3P/c1-10(2)11-6-13(21)9-14(7-11)27(25,26-3)18-15-8-12(20)4-5-16(15)23-17(18)19(22)24/h4-10,23H,1-3H3,(H2,22,24). The van der Waals surface area contributed by atoms with E-state index in [4.69, 9.17) is 21.9 Å². The molecule has 0 saturated heterocycles. The number of hydrogen-bond acceptors (Lipinski definition) is 3. The van der Waals surface area contributed by atoms with Crippen LogP contribution < -0.4 is 16.3 Å². The molecule has 0 aliphatic rings. The molecule has 1 aromatic heterocycles. The average Bonchev–Trinajstić information content (AvgIpc) is 2.99. The first-order chi connectivity index (χ1) is 12.7. The van der Waals surface area contributed by atoms with Gasteiger partial charge in [-0.3, -0.25) is 9.36 Å². The monoisotopic (exact) mass is 408 g/mol. The van der Waals surface area contributed by atoms with Crippen LogP contribution in [0.2, 0.25) is 5.02 Å². The van der Waals surface area contributed by atoms with Gasteiger partial charge < -0.3 is 15.2 Å². The molecule has 0 fully saturated rings. The predicted octanol–water partition coefficient (Wildman–Crippen LogP) is 4.06. The van der Waals surface area contributed by atoms with Crippen molar-refractivity contribution < 1.29 is 18.3 Å². The molecule has 1 unspecified atom stereocenters. The van der Waals surface area contributed by atoms with Crippen molar-refractivity contribution in [3.63, 3.8) is 0 Å². The van der Waals surface area contributed by atoms with Gasteiger partial charge in [0, 0.05) is 28.3 Å². The zero-order valence-corrected chi connectivity index (χ0v) is 16.7. The number of aromatic amines is 1. The molecular weight excluding hydrogens is 390 g/mol. The van der Waals surface area contributed by atoms with Gasteiger partial charge in [-0.25, -0.2) is 4.39 Å². The van der Waals surface area contributed by atoms with Crippen molar-refractivity contribution in [3.05, 3.63) is 58.5 Å². The maximum Gasteiger partial charge on any atom is 0.266 e. The van der Waals surface area contributed by atoms with Crippen molar-refractivity contribution in [3.8, 4) is 0 Å². The topological polar surface area (TPSA) is 85.2 Å². The number of rotatable bonds is 5. The van der Waals surface area contributed by atoms with E-state index in [0.717, 1.165) is 6.07 Å². The zero-order chi connectivity index (χ0) is 19.9. The summed E-state index contributed by atoms with van der Waals surface area (Å²) in [5, 5.41) is 1.08. The lowest BCUT2D eigenvalue weighted by Crippen LogP contribution is -2.26. The Morgan fingerprint density at radius 1 is 1.26 bits per heavy atom. The van der Waals surface area contributed by atoms with Crippen LogP contribution in [0, 0.1) is 5.82 Å². The molecule has 27 heavy (non-hydrogen) atoms. The van der Waals surface area contributed by atoms with Crippen molar-refractivity contribution in [2.45, 2.75) is 19.8 Å². The third-order valence-electron chi connectivity index (χ3n) is 4.44. The number of carbonyl (C=O) groups excluding carboxylic acids is 1. The molecule has 3 rings (SSSR count). The van der Waals surface area contributed by atoms with E-state index in [9.17, 15) is 13.8 Å². The van der Waals surface area contributed by atoms with Crippen molar-refractivity contribution >= 4 is 46.4 Å². The summed E-state index contributed by atoms with van der Waals surface area (Å²) in [7, 11) is -2.58. The molecule has 0 bridgehead atoms. The number of benzene rings is 2. The number of primary amides is 1. The molecule has 0 spiro atoms. The van der Waals surface area contributed by atoms with Crippen LogP contribution in [0.3, 0.4) is 0 Å². The van der Waals surface area contributed by atoms with Crippen molar-refractivity contribution in [1.29, 1.82) is 0 Å². The van der Waals surface area contributed by atoms with E-state index in [-0.39, 0.29) is 22.2 Å². The number of aromatic nitrogens is 1. The molecule has 1 amide bonds. The first kappa shape index (κ1) is 19.6. The summed E-state index contributed by atoms with van der Waals surface area (Å²) in [5.74, 6) is -1.32. The summed E-state index contributed by atoms with van der Waals surface area (Å²) in [4.78, 5) is 14.9. The molecule has 5 nitrogen and oxygen atoms in total. The second-order valence-electron chi connectivity index (χ2n) is 6.53. The predicted molar refractivity (Wildman–Crippen MR) is 106 cm³/mol. The van der Waals surface area contributed by atoms with Gasteiger partial charge in [0.1, 0.15) is 11.5 Å². The number of hydrogen-bond donors (Lipinski definition) is 2. The first-order valence-corrected chi connectivity index (χ1v) is 10.3. The first-order valence-electron chi connectivity index (χ1n) is 8.25. The van der Waals surface area contributed by atoms with Gasteiger partial charge in [-0.05, 0) is 47.9 Å². The Kier molecular flexibility index (Phi) is 5.17. The molecule has 3 N–H and O–H groups in total. The minimum atomic E-state index is -3.84. The van der Waals surface area contributed by atoms with E-state index in [0.29, 0.717) is 21.5 Å². The van der Waals surface area contributed by atoms with Crippen LogP contribution in [-0.4, -0.2) is 18.0 Å². The fourth-order valence-corrected chi connectivity index (χ4v) is 5.46. The molecule has 142 valence electrons.